The Morgan fingerprint density at radius 3 is 2.50 bits per heavy atom. The third-order valence-electron chi connectivity index (χ3n) is 1.84. The average Bonchev–Trinajstić information content (AvgIpc) is 2.28. The first-order valence-electron chi connectivity index (χ1n) is 4.44. The molecule has 100 valence electrons. The molecule has 0 unspecified atom stereocenters. The molecule has 5 nitrogen and oxygen atoms in total. The fourth-order valence-corrected chi connectivity index (χ4v) is 1.11. The number of methoxy groups -OCH3 is 1. The summed E-state index contributed by atoms with van der Waals surface area (Å²) in [4.78, 5) is 24.1. The molecule has 0 aromatic carbocycles. The van der Waals surface area contributed by atoms with Gasteiger partial charge in [0.1, 0.15) is 6.67 Å². The lowest BCUT2D eigenvalue weighted by molar-refractivity contribution is -0.274. The van der Waals surface area contributed by atoms with Crippen molar-refractivity contribution in [1.82, 2.24) is 4.98 Å². The number of rotatable bonds is 3. The first-order chi connectivity index (χ1) is 8.28. The number of carbonyl (C=O) groups is 1. The number of aromatic nitrogens is 1. The van der Waals surface area contributed by atoms with E-state index in [0.717, 1.165) is 7.11 Å². The van der Waals surface area contributed by atoms with Crippen LogP contribution in [0.1, 0.15) is 16.1 Å². The summed E-state index contributed by atoms with van der Waals surface area (Å²) in [7, 11) is 0.904. The van der Waals surface area contributed by atoms with Gasteiger partial charge in [-0.15, -0.1) is 13.2 Å². The van der Waals surface area contributed by atoms with Crippen molar-refractivity contribution in [2.24, 2.45) is 0 Å². The lowest BCUT2D eigenvalue weighted by atomic mass is 10.2. The predicted molar refractivity (Wildman–Crippen MR) is 49.9 cm³/mol. The summed E-state index contributed by atoms with van der Waals surface area (Å²) in [5, 5.41) is 0. The van der Waals surface area contributed by atoms with Crippen molar-refractivity contribution >= 4 is 5.97 Å². The topological polar surface area (TPSA) is 68.4 Å². The molecule has 0 saturated carbocycles. The molecule has 0 aliphatic carbocycles. The number of esters is 1. The van der Waals surface area contributed by atoms with Crippen LogP contribution in [0.25, 0.3) is 0 Å². The number of hydrogen-bond donors (Lipinski definition) is 1. The van der Waals surface area contributed by atoms with Gasteiger partial charge in [0.25, 0.3) is 5.56 Å². The highest BCUT2D eigenvalue weighted by Gasteiger charge is 2.34. The lowest BCUT2D eigenvalue weighted by Crippen LogP contribution is -2.24. The van der Waals surface area contributed by atoms with E-state index in [1.807, 2.05) is 0 Å². The zero-order chi connectivity index (χ0) is 13.9. The van der Waals surface area contributed by atoms with Crippen LogP contribution in [0.4, 0.5) is 17.6 Å². The number of aromatic amines is 1. The highest BCUT2D eigenvalue weighted by molar-refractivity contribution is 5.90. The van der Waals surface area contributed by atoms with E-state index in [9.17, 15) is 27.2 Å². The average molecular weight is 269 g/mol. The van der Waals surface area contributed by atoms with Gasteiger partial charge >= 0.3 is 12.3 Å². The summed E-state index contributed by atoms with van der Waals surface area (Å²) in [6.07, 6.45) is -5.09. The molecule has 1 rings (SSSR count). The van der Waals surface area contributed by atoms with Gasteiger partial charge < -0.3 is 14.5 Å². The number of H-pyrrole nitrogens is 1. The van der Waals surface area contributed by atoms with Gasteiger partial charge in [-0.1, -0.05) is 0 Å². The van der Waals surface area contributed by atoms with E-state index in [1.165, 1.54) is 0 Å². The standard InChI is InChI=1S/C9H7F4NO4/c1-17-8(16)6-5(18-9(11,12)13)2-4(3-10)7(15)14-6/h2H,3H2,1H3,(H,14,15). The summed E-state index contributed by atoms with van der Waals surface area (Å²) in [5.74, 6) is -2.27. The van der Waals surface area contributed by atoms with Crippen molar-refractivity contribution in [1.29, 1.82) is 0 Å². The molecule has 1 aromatic rings. The van der Waals surface area contributed by atoms with Gasteiger partial charge in [-0.3, -0.25) is 4.79 Å². The van der Waals surface area contributed by atoms with E-state index in [4.69, 9.17) is 0 Å². The monoisotopic (exact) mass is 269 g/mol. The number of hydrogen-bond acceptors (Lipinski definition) is 4. The van der Waals surface area contributed by atoms with Gasteiger partial charge in [0.05, 0.1) is 12.7 Å². The van der Waals surface area contributed by atoms with Crippen LogP contribution in [0, 0.1) is 0 Å². The smallest absolute Gasteiger partial charge is 0.464 e. The van der Waals surface area contributed by atoms with Crippen molar-refractivity contribution in [3.63, 3.8) is 0 Å². The Morgan fingerprint density at radius 2 is 2.06 bits per heavy atom. The number of ether oxygens (including phenoxy) is 2. The van der Waals surface area contributed by atoms with Gasteiger partial charge in [0.15, 0.2) is 11.4 Å². The molecule has 0 bridgehead atoms. The molecule has 9 heteroatoms. The van der Waals surface area contributed by atoms with Gasteiger partial charge in [-0.25, -0.2) is 9.18 Å². The Balaban J connectivity index is 3.35. The van der Waals surface area contributed by atoms with E-state index in [2.05, 4.69) is 9.47 Å². The fourth-order valence-electron chi connectivity index (χ4n) is 1.11. The largest absolute Gasteiger partial charge is 0.573 e. The van der Waals surface area contributed by atoms with Gasteiger partial charge in [-0.05, 0) is 6.07 Å². The van der Waals surface area contributed by atoms with Crippen molar-refractivity contribution in [2.45, 2.75) is 13.0 Å². The molecular formula is C9H7F4NO4. The van der Waals surface area contributed by atoms with Gasteiger partial charge in [0.2, 0.25) is 0 Å². The molecule has 1 heterocycles. The summed E-state index contributed by atoms with van der Waals surface area (Å²) in [6.45, 7) is -1.30. The Morgan fingerprint density at radius 1 is 1.44 bits per heavy atom. The van der Waals surface area contributed by atoms with E-state index >= 15 is 0 Å². The van der Waals surface area contributed by atoms with E-state index in [-0.39, 0.29) is 0 Å². The fraction of sp³-hybridized carbons (Fsp3) is 0.333. The van der Waals surface area contributed by atoms with Crippen molar-refractivity contribution < 1.29 is 31.8 Å². The maximum atomic E-state index is 12.3. The quantitative estimate of drug-likeness (QED) is 0.667. The number of pyridine rings is 1. The second-order valence-corrected chi connectivity index (χ2v) is 3.04. The van der Waals surface area contributed by atoms with Crippen LogP contribution in [0.3, 0.4) is 0 Å². The molecule has 0 fully saturated rings. The Bertz CT molecular complexity index is 508. The molecule has 0 radical (unpaired) electrons. The molecule has 18 heavy (non-hydrogen) atoms. The maximum absolute atomic E-state index is 12.3. The first-order valence-corrected chi connectivity index (χ1v) is 4.44. The molecule has 1 N–H and O–H groups in total. The predicted octanol–water partition coefficient (Wildman–Crippen LogP) is 1.53. The van der Waals surface area contributed by atoms with Crippen molar-refractivity contribution in [2.75, 3.05) is 7.11 Å². The summed E-state index contributed by atoms with van der Waals surface area (Å²) in [5.41, 5.74) is -2.47. The Labute approximate surface area is 97.3 Å². The first kappa shape index (κ1) is 14.0. The van der Waals surface area contributed by atoms with Crippen LogP contribution >= 0.6 is 0 Å². The summed E-state index contributed by atoms with van der Waals surface area (Å²) < 4.78 is 56.2. The highest BCUT2D eigenvalue weighted by atomic mass is 19.4. The molecule has 0 aliphatic heterocycles. The van der Waals surface area contributed by atoms with Crippen LogP contribution < -0.4 is 10.3 Å². The molecule has 0 spiro atoms. The van der Waals surface area contributed by atoms with Crippen LogP contribution in [0.5, 0.6) is 5.75 Å². The number of carbonyl (C=O) groups excluding carboxylic acids is 1. The molecular weight excluding hydrogens is 262 g/mol. The minimum Gasteiger partial charge on any atom is -0.464 e. The van der Waals surface area contributed by atoms with Crippen molar-refractivity contribution in [3.05, 3.63) is 27.7 Å². The van der Waals surface area contributed by atoms with E-state index in [0.29, 0.717) is 6.07 Å². The number of halogens is 4. The summed E-state index contributed by atoms with van der Waals surface area (Å²) >= 11 is 0. The summed E-state index contributed by atoms with van der Waals surface area (Å²) in [6, 6.07) is 0.499. The second kappa shape index (κ2) is 5.07. The minimum atomic E-state index is -5.09. The lowest BCUT2D eigenvalue weighted by Gasteiger charge is -2.12. The Kier molecular flexibility index (Phi) is 3.94. The molecule has 1 aromatic heterocycles. The zero-order valence-electron chi connectivity index (χ0n) is 8.93. The van der Waals surface area contributed by atoms with Gasteiger partial charge in [0, 0.05) is 0 Å². The Hall–Kier alpha value is -2.06. The number of alkyl halides is 4. The third kappa shape index (κ3) is 3.22. The molecule has 0 amide bonds. The second-order valence-electron chi connectivity index (χ2n) is 3.04. The molecule has 0 saturated heterocycles. The van der Waals surface area contributed by atoms with Gasteiger partial charge in [-0.2, -0.15) is 0 Å². The minimum absolute atomic E-state index is 0.499. The molecule has 0 aliphatic rings. The van der Waals surface area contributed by atoms with Crippen LogP contribution in [-0.2, 0) is 11.4 Å². The van der Waals surface area contributed by atoms with Crippen LogP contribution in [-0.4, -0.2) is 24.4 Å². The normalized spacial score (nSPS) is 11.2. The van der Waals surface area contributed by atoms with Crippen LogP contribution in [0.2, 0.25) is 0 Å². The van der Waals surface area contributed by atoms with E-state index < -0.39 is 41.6 Å². The van der Waals surface area contributed by atoms with Crippen molar-refractivity contribution in [3.8, 4) is 5.75 Å². The maximum Gasteiger partial charge on any atom is 0.573 e. The SMILES string of the molecule is COC(=O)c1[nH]c(=O)c(CF)cc1OC(F)(F)F. The van der Waals surface area contributed by atoms with Crippen LogP contribution in [0.15, 0.2) is 10.9 Å². The zero-order valence-corrected chi connectivity index (χ0v) is 8.93. The molecule has 0 atom stereocenters. The number of nitrogens with one attached hydrogen (secondary N) is 1. The third-order valence-corrected chi connectivity index (χ3v) is 1.84. The highest BCUT2D eigenvalue weighted by Crippen LogP contribution is 2.25. The van der Waals surface area contributed by atoms with E-state index in [1.54, 1.807) is 4.98 Å².